The van der Waals surface area contributed by atoms with E-state index in [1.54, 1.807) is 4.90 Å². The van der Waals surface area contributed by atoms with Gasteiger partial charge in [0.1, 0.15) is 0 Å². The van der Waals surface area contributed by atoms with Crippen molar-refractivity contribution in [2.24, 2.45) is 17.6 Å². The van der Waals surface area contributed by atoms with E-state index in [-0.39, 0.29) is 5.91 Å². The van der Waals surface area contributed by atoms with Crippen LogP contribution >= 0.6 is 0 Å². The monoisotopic (exact) mass is 291 g/mol. The van der Waals surface area contributed by atoms with Gasteiger partial charge in [-0.05, 0) is 31.3 Å². The second-order valence-corrected chi connectivity index (χ2v) is 5.69. The van der Waals surface area contributed by atoms with Gasteiger partial charge in [0, 0.05) is 19.6 Å². The molecule has 1 aliphatic rings. The van der Waals surface area contributed by atoms with Crippen molar-refractivity contribution in [2.75, 3.05) is 39.3 Å². The molecule has 0 saturated carbocycles. The van der Waals surface area contributed by atoms with E-state index in [9.17, 15) is 4.79 Å². The number of carbonyl (C=O) groups is 1. The van der Waals surface area contributed by atoms with Crippen LogP contribution in [-0.2, 0) is 4.79 Å². The molecule has 2 unspecified atom stereocenters. The summed E-state index contributed by atoms with van der Waals surface area (Å²) in [6, 6.07) is 4.10. The van der Waals surface area contributed by atoms with Gasteiger partial charge in [-0.2, -0.15) is 10.5 Å². The van der Waals surface area contributed by atoms with Crippen molar-refractivity contribution in [2.45, 2.75) is 26.2 Å². The summed E-state index contributed by atoms with van der Waals surface area (Å²) in [6.45, 7) is 5.80. The molecule has 1 fully saturated rings. The van der Waals surface area contributed by atoms with Gasteiger partial charge < -0.3 is 10.6 Å². The summed E-state index contributed by atoms with van der Waals surface area (Å²) in [5.41, 5.74) is 5.78. The fourth-order valence-electron chi connectivity index (χ4n) is 2.70. The smallest absolute Gasteiger partial charge is 0.236 e. The summed E-state index contributed by atoms with van der Waals surface area (Å²) in [7, 11) is 0. The number of nitriles is 2. The maximum absolute atomic E-state index is 12.3. The lowest BCUT2D eigenvalue weighted by atomic mass is 9.87. The van der Waals surface area contributed by atoms with E-state index in [4.69, 9.17) is 16.3 Å². The zero-order chi connectivity index (χ0) is 15.7. The van der Waals surface area contributed by atoms with Crippen molar-refractivity contribution in [1.29, 1.82) is 10.5 Å². The number of likely N-dealkylation sites (tertiary alicyclic amines) is 1. The van der Waals surface area contributed by atoms with Crippen LogP contribution in [0.2, 0.25) is 0 Å². The van der Waals surface area contributed by atoms with Crippen LogP contribution in [0.25, 0.3) is 0 Å². The quantitative estimate of drug-likeness (QED) is 0.739. The Bertz CT molecular complexity index is 393. The second kappa shape index (κ2) is 9.33. The first-order valence-corrected chi connectivity index (χ1v) is 7.56. The molecule has 1 rings (SSSR count). The largest absolute Gasteiger partial charge is 0.340 e. The van der Waals surface area contributed by atoms with E-state index in [1.807, 2.05) is 12.1 Å². The number of hydrogen-bond donors (Lipinski definition) is 1. The molecule has 116 valence electrons. The number of nitrogens with two attached hydrogens (primary N) is 1. The first-order valence-electron chi connectivity index (χ1n) is 7.56. The Kier molecular flexibility index (Phi) is 7.74. The Morgan fingerprint density at radius 2 is 1.95 bits per heavy atom. The highest BCUT2D eigenvalue weighted by Gasteiger charge is 2.27. The number of amides is 1. The van der Waals surface area contributed by atoms with Gasteiger partial charge in [0.2, 0.25) is 5.91 Å². The molecule has 0 aromatic rings. The highest BCUT2D eigenvalue weighted by molar-refractivity contribution is 5.78. The summed E-state index contributed by atoms with van der Waals surface area (Å²) in [5.74, 6) is 1.05. The molecule has 1 saturated heterocycles. The van der Waals surface area contributed by atoms with Crippen molar-refractivity contribution in [3.63, 3.8) is 0 Å². The Hall–Kier alpha value is -1.63. The van der Waals surface area contributed by atoms with Crippen LogP contribution in [0.4, 0.5) is 0 Å². The Morgan fingerprint density at radius 3 is 2.48 bits per heavy atom. The Morgan fingerprint density at radius 1 is 1.33 bits per heavy atom. The predicted octanol–water partition coefficient (Wildman–Crippen LogP) is 0.559. The van der Waals surface area contributed by atoms with Crippen LogP contribution in [0.3, 0.4) is 0 Å². The van der Waals surface area contributed by atoms with Crippen LogP contribution in [-0.4, -0.2) is 55.0 Å². The van der Waals surface area contributed by atoms with Crippen LogP contribution in [0, 0.1) is 34.5 Å². The van der Waals surface area contributed by atoms with Crippen LogP contribution in [0.15, 0.2) is 0 Å². The van der Waals surface area contributed by atoms with E-state index < -0.39 is 0 Å². The average Bonchev–Trinajstić information content (AvgIpc) is 2.49. The summed E-state index contributed by atoms with van der Waals surface area (Å²) >= 11 is 0. The van der Waals surface area contributed by atoms with Crippen LogP contribution in [0.5, 0.6) is 0 Å². The van der Waals surface area contributed by atoms with Gasteiger partial charge in [-0.15, -0.1) is 0 Å². The van der Waals surface area contributed by atoms with Crippen LogP contribution in [0.1, 0.15) is 26.2 Å². The van der Waals surface area contributed by atoms with Crippen molar-refractivity contribution >= 4 is 5.91 Å². The van der Waals surface area contributed by atoms with Gasteiger partial charge in [-0.3, -0.25) is 9.69 Å². The van der Waals surface area contributed by atoms with Gasteiger partial charge in [-0.25, -0.2) is 0 Å². The Balaban J connectivity index is 2.52. The SMILES string of the molecule is CC1CCN(CC(=O)N(CCC#N)CCC#N)CC1CN. The van der Waals surface area contributed by atoms with E-state index in [0.717, 1.165) is 19.5 Å². The van der Waals surface area contributed by atoms with Crippen molar-refractivity contribution in [1.82, 2.24) is 9.80 Å². The maximum Gasteiger partial charge on any atom is 0.236 e. The van der Waals surface area contributed by atoms with E-state index in [2.05, 4.69) is 11.8 Å². The summed E-state index contributed by atoms with van der Waals surface area (Å²) in [6.07, 6.45) is 1.67. The lowest BCUT2D eigenvalue weighted by Gasteiger charge is -2.37. The molecular formula is C15H25N5O. The lowest BCUT2D eigenvalue weighted by Crippen LogP contribution is -2.47. The van der Waals surface area contributed by atoms with Gasteiger partial charge in [0.25, 0.3) is 0 Å². The van der Waals surface area contributed by atoms with E-state index >= 15 is 0 Å². The minimum atomic E-state index is 0.00539. The summed E-state index contributed by atoms with van der Waals surface area (Å²) in [4.78, 5) is 16.1. The number of nitrogens with zero attached hydrogens (tertiary/aromatic N) is 4. The highest BCUT2D eigenvalue weighted by atomic mass is 16.2. The lowest BCUT2D eigenvalue weighted by molar-refractivity contribution is -0.133. The van der Waals surface area contributed by atoms with E-state index in [0.29, 0.717) is 50.9 Å². The van der Waals surface area contributed by atoms with Gasteiger partial charge in [0.15, 0.2) is 0 Å². The fourth-order valence-corrected chi connectivity index (χ4v) is 2.70. The first kappa shape index (κ1) is 17.4. The predicted molar refractivity (Wildman–Crippen MR) is 79.8 cm³/mol. The maximum atomic E-state index is 12.3. The molecule has 1 amide bonds. The molecule has 0 aromatic heterocycles. The molecule has 0 bridgehead atoms. The third-order valence-corrected chi connectivity index (χ3v) is 4.20. The minimum Gasteiger partial charge on any atom is -0.340 e. The number of rotatable bonds is 7. The molecule has 0 aromatic carbocycles. The zero-order valence-corrected chi connectivity index (χ0v) is 12.8. The fraction of sp³-hybridized carbons (Fsp3) is 0.800. The molecule has 0 spiro atoms. The molecule has 21 heavy (non-hydrogen) atoms. The first-order chi connectivity index (χ1) is 10.1. The molecule has 2 atom stereocenters. The third-order valence-electron chi connectivity index (χ3n) is 4.20. The van der Waals surface area contributed by atoms with Crippen molar-refractivity contribution in [3.8, 4) is 12.1 Å². The highest BCUT2D eigenvalue weighted by Crippen LogP contribution is 2.22. The van der Waals surface area contributed by atoms with Crippen LogP contribution < -0.4 is 5.73 Å². The zero-order valence-electron chi connectivity index (χ0n) is 12.8. The molecule has 2 N–H and O–H groups in total. The summed E-state index contributed by atoms with van der Waals surface area (Å²) < 4.78 is 0. The second-order valence-electron chi connectivity index (χ2n) is 5.69. The van der Waals surface area contributed by atoms with Crippen molar-refractivity contribution < 1.29 is 4.79 Å². The molecule has 6 heteroatoms. The molecule has 1 aliphatic heterocycles. The average molecular weight is 291 g/mol. The summed E-state index contributed by atoms with van der Waals surface area (Å²) in [5, 5.41) is 17.3. The number of hydrogen-bond acceptors (Lipinski definition) is 5. The standard InChI is InChI=1S/C15H25N5O/c1-13-4-9-19(11-14(13)10-18)12-15(21)20(7-2-5-16)8-3-6-17/h13-14H,2-4,7-12,18H2,1H3. The third kappa shape index (κ3) is 5.71. The molecule has 0 aliphatic carbocycles. The number of carbonyl (C=O) groups excluding carboxylic acids is 1. The Labute approximate surface area is 127 Å². The topological polar surface area (TPSA) is 97.1 Å². The molecule has 1 heterocycles. The number of piperidine rings is 1. The van der Waals surface area contributed by atoms with Crippen molar-refractivity contribution in [3.05, 3.63) is 0 Å². The minimum absolute atomic E-state index is 0.00539. The molecule has 6 nitrogen and oxygen atoms in total. The molecule has 0 radical (unpaired) electrons. The normalized spacial score (nSPS) is 22.3. The van der Waals surface area contributed by atoms with Gasteiger partial charge in [-0.1, -0.05) is 6.92 Å². The van der Waals surface area contributed by atoms with Gasteiger partial charge in [0.05, 0.1) is 31.5 Å². The van der Waals surface area contributed by atoms with Gasteiger partial charge >= 0.3 is 0 Å². The van der Waals surface area contributed by atoms with E-state index in [1.165, 1.54) is 0 Å². The molecular weight excluding hydrogens is 266 g/mol.